The number of rotatable bonds is 7. The van der Waals surface area contributed by atoms with E-state index in [2.05, 4.69) is 10.4 Å². The number of carboxylic acid groups (broad SMARTS) is 1. The summed E-state index contributed by atoms with van der Waals surface area (Å²) < 4.78 is 5.97. The number of carboxylic acids is 1. The molecule has 0 radical (unpaired) electrons. The first-order chi connectivity index (χ1) is 18.8. The van der Waals surface area contributed by atoms with Gasteiger partial charge in [0.05, 0.1) is 33.1 Å². The van der Waals surface area contributed by atoms with Crippen molar-refractivity contribution in [2.24, 2.45) is 5.10 Å². The molecule has 3 aromatic carbocycles. The van der Waals surface area contributed by atoms with Crippen molar-refractivity contribution in [3.63, 3.8) is 0 Å². The molecule has 194 valence electrons. The molecule has 0 saturated carbocycles. The largest absolute Gasteiger partial charge is 0.478 e. The van der Waals surface area contributed by atoms with Crippen molar-refractivity contribution < 1.29 is 23.9 Å². The maximum Gasteiger partial charge on any atom is 0.335 e. The number of furan rings is 1. The van der Waals surface area contributed by atoms with E-state index in [0.29, 0.717) is 51.2 Å². The molecule has 0 unspecified atom stereocenters. The summed E-state index contributed by atoms with van der Waals surface area (Å²) in [5, 5.41) is 17.9. The highest BCUT2D eigenvalue weighted by Crippen LogP contribution is 2.30. The minimum Gasteiger partial charge on any atom is -0.478 e. The number of carbonyl (C=O) groups is 3. The van der Waals surface area contributed by atoms with E-state index in [1.165, 1.54) is 12.1 Å². The molecule has 5 rings (SSSR count). The predicted molar refractivity (Wildman–Crippen MR) is 149 cm³/mol. The lowest BCUT2D eigenvalue weighted by atomic mass is 10.1. The predicted octanol–water partition coefficient (Wildman–Crippen LogP) is 6.03. The third kappa shape index (κ3) is 5.51. The van der Waals surface area contributed by atoms with Crippen LogP contribution < -0.4 is 10.3 Å². The van der Waals surface area contributed by atoms with Crippen molar-refractivity contribution >= 4 is 46.9 Å². The Kier molecular flexibility index (Phi) is 7.12. The number of nitrogens with zero attached hydrogens (tertiary/aromatic N) is 2. The molecule has 39 heavy (non-hydrogen) atoms. The Morgan fingerprint density at radius 3 is 2.59 bits per heavy atom. The van der Waals surface area contributed by atoms with Crippen LogP contribution in [0.5, 0.6) is 0 Å². The standard InChI is InChI=1S/C30H22ClN3O5/c1-18-24(29(36)34(33-18)22-9-5-8-21(14-22)30(37)38)16-23-11-13-27(39-23)20-10-12-26(31)25(15-20)28(35)32-17-19-6-3-2-4-7-19/h2-16H,17H2,1H3,(H,32,35)(H,37,38). The Labute approximate surface area is 228 Å². The van der Waals surface area contributed by atoms with E-state index < -0.39 is 11.9 Å². The summed E-state index contributed by atoms with van der Waals surface area (Å²) in [6.07, 6.45) is 1.58. The number of carbonyl (C=O) groups excluding carboxylic acids is 2. The van der Waals surface area contributed by atoms with E-state index in [1.807, 2.05) is 30.3 Å². The van der Waals surface area contributed by atoms with Crippen molar-refractivity contribution in [1.82, 2.24) is 5.32 Å². The summed E-state index contributed by atoms with van der Waals surface area (Å²) in [6.45, 7) is 2.05. The van der Waals surface area contributed by atoms with Gasteiger partial charge in [-0.1, -0.05) is 48.0 Å². The molecule has 9 heteroatoms. The third-order valence-electron chi connectivity index (χ3n) is 6.11. The molecular formula is C30H22ClN3O5. The second-order valence-electron chi connectivity index (χ2n) is 8.78. The van der Waals surface area contributed by atoms with Crippen LogP contribution in [0, 0.1) is 0 Å². The molecule has 0 fully saturated rings. The number of aromatic carboxylic acids is 1. The van der Waals surface area contributed by atoms with Crippen molar-refractivity contribution in [2.45, 2.75) is 13.5 Å². The van der Waals surface area contributed by atoms with E-state index >= 15 is 0 Å². The zero-order valence-corrected chi connectivity index (χ0v) is 21.5. The molecule has 1 aromatic heterocycles. The average Bonchev–Trinajstić information content (AvgIpc) is 3.53. The zero-order chi connectivity index (χ0) is 27.5. The fourth-order valence-corrected chi connectivity index (χ4v) is 4.29. The molecule has 4 aromatic rings. The molecule has 0 bridgehead atoms. The zero-order valence-electron chi connectivity index (χ0n) is 20.7. The Balaban J connectivity index is 1.35. The highest BCUT2D eigenvalue weighted by atomic mass is 35.5. The van der Waals surface area contributed by atoms with Gasteiger partial charge in [-0.2, -0.15) is 10.1 Å². The summed E-state index contributed by atoms with van der Waals surface area (Å²) >= 11 is 6.31. The van der Waals surface area contributed by atoms with Crippen molar-refractivity contribution in [3.8, 4) is 11.3 Å². The van der Waals surface area contributed by atoms with E-state index in [4.69, 9.17) is 16.0 Å². The topological polar surface area (TPSA) is 112 Å². The van der Waals surface area contributed by atoms with Crippen molar-refractivity contribution in [1.29, 1.82) is 0 Å². The first-order valence-electron chi connectivity index (χ1n) is 12.0. The van der Waals surface area contributed by atoms with Gasteiger partial charge in [-0.05, 0) is 67.1 Å². The van der Waals surface area contributed by atoms with Gasteiger partial charge in [0.1, 0.15) is 11.5 Å². The lowest BCUT2D eigenvalue weighted by molar-refractivity contribution is -0.114. The lowest BCUT2D eigenvalue weighted by Gasteiger charge is -2.12. The number of amides is 2. The van der Waals surface area contributed by atoms with Gasteiger partial charge in [0.25, 0.3) is 11.8 Å². The molecular weight excluding hydrogens is 518 g/mol. The van der Waals surface area contributed by atoms with Crippen LogP contribution in [-0.4, -0.2) is 28.6 Å². The summed E-state index contributed by atoms with van der Waals surface area (Å²) in [5.74, 6) is -0.912. The summed E-state index contributed by atoms with van der Waals surface area (Å²) in [4.78, 5) is 37.2. The molecule has 0 atom stereocenters. The van der Waals surface area contributed by atoms with E-state index in [-0.39, 0.29) is 11.5 Å². The minimum absolute atomic E-state index is 0.0531. The molecule has 1 aliphatic rings. The van der Waals surface area contributed by atoms with Crippen LogP contribution in [0.2, 0.25) is 5.02 Å². The quantitative estimate of drug-likeness (QED) is 0.278. The number of hydrazone groups is 1. The van der Waals surface area contributed by atoms with Gasteiger partial charge >= 0.3 is 5.97 Å². The van der Waals surface area contributed by atoms with Crippen LogP contribution in [0.25, 0.3) is 17.4 Å². The second-order valence-corrected chi connectivity index (χ2v) is 9.19. The van der Waals surface area contributed by atoms with Crippen molar-refractivity contribution in [2.75, 3.05) is 5.01 Å². The maximum atomic E-state index is 13.1. The minimum atomic E-state index is -1.10. The fraction of sp³-hybridized carbons (Fsp3) is 0.0667. The van der Waals surface area contributed by atoms with Crippen LogP contribution in [0.4, 0.5) is 5.69 Å². The molecule has 2 amide bonds. The lowest BCUT2D eigenvalue weighted by Crippen LogP contribution is -2.23. The number of nitrogens with one attached hydrogen (secondary N) is 1. The molecule has 8 nitrogen and oxygen atoms in total. The maximum absolute atomic E-state index is 13.1. The van der Waals surface area contributed by atoms with Gasteiger partial charge in [0.2, 0.25) is 0 Å². The Morgan fingerprint density at radius 1 is 1.03 bits per heavy atom. The molecule has 1 aliphatic heterocycles. The normalized spacial score (nSPS) is 14.0. The number of hydrogen-bond acceptors (Lipinski definition) is 5. The number of benzene rings is 3. The van der Waals surface area contributed by atoms with Gasteiger partial charge in [0, 0.05) is 12.1 Å². The highest BCUT2D eigenvalue weighted by Gasteiger charge is 2.29. The molecule has 0 aliphatic carbocycles. The SMILES string of the molecule is CC1=NN(c2cccc(C(=O)O)c2)C(=O)C1=Cc1ccc(-c2ccc(Cl)c(C(=O)NCc3ccccc3)c2)o1. The molecule has 2 N–H and O–H groups in total. The number of anilines is 1. The van der Waals surface area contributed by atoms with Crippen LogP contribution >= 0.6 is 11.6 Å². The van der Waals surface area contributed by atoms with Gasteiger partial charge in [-0.15, -0.1) is 0 Å². The van der Waals surface area contributed by atoms with Crippen molar-refractivity contribution in [3.05, 3.63) is 118 Å². The Morgan fingerprint density at radius 2 is 1.82 bits per heavy atom. The second kappa shape index (κ2) is 10.8. The first-order valence-corrected chi connectivity index (χ1v) is 12.3. The summed E-state index contributed by atoms with van der Waals surface area (Å²) in [6, 6.07) is 24.0. The Bertz CT molecular complexity index is 1660. The molecule has 2 heterocycles. The average molecular weight is 540 g/mol. The van der Waals surface area contributed by atoms with E-state index in [1.54, 1.807) is 55.5 Å². The number of hydrogen-bond donors (Lipinski definition) is 2. The molecule has 0 saturated heterocycles. The third-order valence-corrected chi connectivity index (χ3v) is 6.43. The van der Waals surface area contributed by atoms with E-state index in [0.717, 1.165) is 10.6 Å². The monoisotopic (exact) mass is 539 g/mol. The van der Waals surface area contributed by atoms with Gasteiger partial charge in [0.15, 0.2) is 0 Å². The van der Waals surface area contributed by atoms with Gasteiger partial charge in [-0.3, -0.25) is 9.59 Å². The van der Waals surface area contributed by atoms with Gasteiger partial charge in [-0.25, -0.2) is 4.79 Å². The summed E-state index contributed by atoms with van der Waals surface area (Å²) in [5.41, 5.74) is 3.10. The van der Waals surface area contributed by atoms with E-state index in [9.17, 15) is 19.5 Å². The smallest absolute Gasteiger partial charge is 0.335 e. The summed E-state index contributed by atoms with van der Waals surface area (Å²) in [7, 11) is 0. The van der Waals surface area contributed by atoms with Gasteiger partial charge < -0.3 is 14.8 Å². The number of halogens is 1. The first kappa shape index (κ1) is 25.7. The molecule has 0 spiro atoms. The van der Waals surface area contributed by atoms with Crippen LogP contribution in [-0.2, 0) is 11.3 Å². The van der Waals surface area contributed by atoms with Crippen LogP contribution in [0.3, 0.4) is 0 Å². The Hall–Kier alpha value is -4.95. The van der Waals surface area contributed by atoms with Crippen LogP contribution in [0.1, 0.15) is 39.0 Å². The highest BCUT2D eigenvalue weighted by molar-refractivity contribution is 6.34. The fourth-order valence-electron chi connectivity index (χ4n) is 4.08. The van der Waals surface area contributed by atoms with Crippen LogP contribution in [0.15, 0.2) is 100 Å².